The molecule has 0 bridgehead atoms. The molecule has 2 heterocycles. The van der Waals surface area contributed by atoms with Crippen molar-refractivity contribution >= 4 is 17.8 Å². The van der Waals surface area contributed by atoms with Crippen molar-refractivity contribution in [3.63, 3.8) is 0 Å². The molecule has 2 amide bonds. The first-order valence-corrected chi connectivity index (χ1v) is 11.0. The molecule has 0 radical (unpaired) electrons. The largest absolute Gasteiger partial charge is 0.481 e. The highest BCUT2D eigenvalue weighted by molar-refractivity contribution is 5.80. The van der Waals surface area contributed by atoms with Gasteiger partial charge in [-0.1, -0.05) is 19.3 Å². The fourth-order valence-corrected chi connectivity index (χ4v) is 5.46. The molecule has 2 aliphatic heterocycles. The summed E-state index contributed by atoms with van der Waals surface area (Å²) < 4.78 is 0. The molecular formula is C21H35N3O4. The van der Waals surface area contributed by atoms with Crippen LogP contribution in [0.5, 0.6) is 0 Å². The minimum atomic E-state index is -0.766. The average molecular weight is 394 g/mol. The second-order valence-electron chi connectivity index (χ2n) is 8.91. The van der Waals surface area contributed by atoms with Gasteiger partial charge in [-0.05, 0) is 63.5 Å². The Kier molecular flexibility index (Phi) is 7.32. The third-order valence-electron chi connectivity index (χ3n) is 7.07. The van der Waals surface area contributed by atoms with Crippen LogP contribution >= 0.6 is 0 Å². The molecule has 0 spiro atoms. The molecule has 0 aromatic carbocycles. The van der Waals surface area contributed by atoms with Crippen molar-refractivity contribution in [1.82, 2.24) is 9.80 Å². The van der Waals surface area contributed by atoms with E-state index in [1.54, 1.807) is 0 Å². The summed E-state index contributed by atoms with van der Waals surface area (Å²) >= 11 is 0. The lowest BCUT2D eigenvalue weighted by molar-refractivity contribution is -0.141. The number of rotatable bonds is 7. The van der Waals surface area contributed by atoms with E-state index in [1.807, 2.05) is 4.90 Å². The molecule has 1 aliphatic carbocycles. The van der Waals surface area contributed by atoms with Crippen molar-refractivity contribution < 1.29 is 19.5 Å². The number of carboxylic acids is 1. The second kappa shape index (κ2) is 9.72. The molecule has 0 aromatic heterocycles. The van der Waals surface area contributed by atoms with Crippen LogP contribution in [0.4, 0.5) is 0 Å². The van der Waals surface area contributed by atoms with Crippen molar-refractivity contribution in [3.05, 3.63) is 0 Å². The number of carbonyl (C=O) groups excluding carboxylic acids is 2. The summed E-state index contributed by atoms with van der Waals surface area (Å²) in [5.74, 6) is -0.331. The first-order chi connectivity index (χ1) is 13.5. The monoisotopic (exact) mass is 393 g/mol. The molecule has 3 unspecified atom stereocenters. The number of nitrogens with two attached hydrogens (primary N) is 1. The molecule has 158 valence electrons. The lowest BCUT2D eigenvalue weighted by Gasteiger charge is -2.40. The van der Waals surface area contributed by atoms with E-state index in [1.165, 1.54) is 6.42 Å². The zero-order chi connectivity index (χ0) is 20.1. The highest BCUT2D eigenvalue weighted by atomic mass is 16.4. The van der Waals surface area contributed by atoms with Crippen LogP contribution in [0.1, 0.15) is 64.2 Å². The molecule has 28 heavy (non-hydrogen) atoms. The predicted molar refractivity (Wildman–Crippen MR) is 105 cm³/mol. The Morgan fingerprint density at radius 2 is 1.68 bits per heavy atom. The van der Waals surface area contributed by atoms with Gasteiger partial charge >= 0.3 is 5.97 Å². The van der Waals surface area contributed by atoms with Gasteiger partial charge in [-0.3, -0.25) is 19.3 Å². The van der Waals surface area contributed by atoms with Gasteiger partial charge in [-0.15, -0.1) is 0 Å². The SMILES string of the molecule is NC(=O)C1CCCN1CCC1CN(C(=O)C2CCCCC2)CCC1CC(=O)O. The lowest BCUT2D eigenvalue weighted by atomic mass is 9.80. The number of carbonyl (C=O) groups is 3. The fourth-order valence-electron chi connectivity index (χ4n) is 5.46. The zero-order valence-corrected chi connectivity index (χ0v) is 16.9. The molecule has 3 rings (SSSR count). The van der Waals surface area contributed by atoms with Crippen molar-refractivity contribution in [2.75, 3.05) is 26.2 Å². The van der Waals surface area contributed by atoms with Gasteiger partial charge in [0.15, 0.2) is 0 Å². The topological polar surface area (TPSA) is 104 Å². The van der Waals surface area contributed by atoms with Gasteiger partial charge in [-0.25, -0.2) is 0 Å². The number of nitrogens with zero attached hydrogens (tertiary/aromatic N) is 2. The minimum absolute atomic E-state index is 0.0996. The summed E-state index contributed by atoms with van der Waals surface area (Å²) in [6, 6.07) is -0.193. The van der Waals surface area contributed by atoms with Gasteiger partial charge in [0.1, 0.15) is 0 Å². The van der Waals surface area contributed by atoms with Crippen LogP contribution in [0.25, 0.3) is 0 Å². The number of amides is 2. The van der Waals surface area contributed by atoms with E-state index in [-0.39, 0.29) is 42.0 Å². The Morgan fingerprint density at radius 1 is 0.929 bits per heavy atom. The standard InChI is InChI=1S/C21H35N3O4/c22-20(27)18-7-4-10-23(18)11-9-17-14-24(12-8-16(17)13-19(25)26)21(28)15-5-2-1-3-6-15/h15-18H,1-14H2,(H2,22,27)(H,25,26). The normalized spacial score (nSPS) is 29.7. The summed E-state index contributed by atoms with van der Waals surface area (Å²) in [7, 11) is 0. The van der Waals surface area contributed by atoms with E-state index in [9.17, 15) is 19.5 Å². The molecule has 0 aromatic rings. The Hall–Kier alpha value is -1.63. The molecule has 3 aliphatic rings. The number of aliphatic carboxylic acids is 1. The summed E-state index contributed by atoms with van der Waals surface area (Å²) in [4.78, 5) is 40.1. The van der Waals surface area contributed by atoms with E-state index >= 15 is 0 Å². The Morgan fingerprint density at radius 3 is 2.36 bits per heavy atom. The second-order valence-corrected chi connectivity index (χ2v) is 8.91. The maximum Gasteiger partial charge on any atom is 0.303 e. The number of piperidine rings is 1. The van der Waals surface area contributed by atoms with E-state index in [4.69, 9.17) is 5.73 Å². The predicted octanol–water partition coefficient (Wildman–Crippen LogP) is 1.85. The number of carboxylic acid groups (broad SMARTS) is 1. The van der Waals surface area contributed by atoms with E-state index in [0.717, 1.165) is 64.5 Å². The first-order valence-electron chi connectivity index (χ1n) is 11.0. The Labute approximate surface area is 167 Å². The van der Waals surface area contributed by atoms with Crippen molar-refractivity contribution in [2.24, 2.45) is 23.5 Å². The van der Waals surface area contributed by atoms with Crippen molar-refractivity contribution in [1.29, 1.82) is 0 Å². The van der Waals surface area contributed by atoms with E-state index in [0.29, 0.717) is 13.1 Å². The van der Waals surface area contributed by atoms with Gasteiger partial charge in [-0.2, -0.15) is 0 Å². The van der Waals surface area contributed by atoms with Gasteiger partial charge in [0.2, 0.25) is 11.8 Å². The van der Waals surface area contributed by atoms with Crippen LogP contribution in [0.2, 0.25) is 0 Å². The summed E-state index contributed by atoms with van der Waals surface area (Å²) in [6.45, 7) is 2.95. The third-order valence-corrected chi connectivity index (χ3v) is 7.07. The number of primary amides is 1. The molecule has 1 saturated carbocycles. The van der Waals surface area contributed by atoms with Crippen LogP contribution in [0, 0.1) is 17.8 Å². The van der Waals surface area contributed by atoms with Crippen molar-refractivity contribution in [3.8, 4) is 0 Å². The lowest BCUT2D eigenvalue weighted by Crippen LogP contribution is -2.48. The highest BCUT2D eigenvalue weighted by Crippen LogP contribution is 2.33. The van der Waals surface area contributed by atoms with Gasteiger partial charge in [0.05, 0.1) is 6.04 Å². The van der Waals surface area contributed by atoms with Crippen LogP contribution < -0.4 is 5.73 Å². The average Bonchev–Trinajstić information content (AvgIpc) is 3.16. The molecule has 2 saturated heterocycles. The molecule has 3 N–H and O–H groups in total. The van der Waals surface area contributed by atoms with Gasteiger partial charge in [0, 0.05) is 25.4 Å². The van der Waals surface area contributed by atoms with Gasteiger partial charge < -0.3 is 15.7 Å². The molecule has 3 atom stereocenters. The Bertz CT molecular complexity index is 576. The molecular weight excluding hydrogens is 358 g/mol. The van der Waals surface area contributed by atoms with Crippen LogP contribution in [0.3, 0.4) is 0 Å². The maximum absolute atomic E-state index is 13.0. The highest BCUT2D eigenvalue weighted by Gasteiger charge is 2.36. The number of hydrogen-bond donors (Lipinski definition) is 2. The van der Waals surface area contributed by atoms with Gasteiger partial charge in [0.25, 0.3) is 0 Å². The summed E-state index contributed by atoms with van der Waals surface area (Å²) in [6.07, 6.45) is 9.01. The van der Waals surface area contributed by atoms with E-state index < -0.39 is 5.97 Å². The number of likely N-dealkylation sites (tertiary alicyclic amines) is 2. The van der Waals surface area contributed by atoms with Crippen LogP contribution in [0.15, 0.2) is 0 Å². The molecule has 7 nitrogen and oxygen atoms in total. The van der Waals surface area contributed by atoms with Crippen LogP contribution in [-0.2, 0) is 14.4 Å². The molecule has 7 heteroatoms. The summed E-state index contributed by atoms with van der Waals surface area (Å²) in [5.41, 5.74) is 5.52. The quantitative estimate of drug-likeness (QED) is 0.687. The fraction of sp³-hybridized carbons (Fsp3) is 0.857. The molecule has 3 fully saturated rings. The zero-order valence-electron chi connectivity index (χ0n) is 16.9. The number of hydrogen-bond acceptors (Lipinski definition) is 4. The first kappa shape index (κ1) is 21.1. The van der Waals surface area contributed by atoms with Crippen LogP contribution in [-0.4, -0.2) is 64.9 Å². The smallest absolute Gasteiger partial charge is 0.303 e. The van der Waals surface area contributed by atoms with E-state index in [2.05, 4.69) is 4.90 Å². The minimum Gasteiger partial charge on any atom is -0.481 e. The maximum atomic E-state index is 13.0. The van der Waals surface area contributed by atoms with Crippen molar-refractivity contribution in [2.45, 2.75) is 70.3 Å². The third kappa shape index (κ3) is 5.25. The Balaban J connectivity index is 1.60. The summed E-state index contributed by atoms with van der Waals surface area (Å²) in [5, 5.41) is 9.30.